The van der Waals surface area contributed by atoms with E-state index in [9.17, 15) is 9.59 Å². The third-order valence-electron chi connectivity index (χ3n) is 2.82. The molecule has 0 amide bonds. The van der Waals surface area contributed by atoms with Gasteiger partial charge >= 0.3 is 5.97 Å². The molecule has 21 heavy (non-hydrogen) atoms. The van der Waals surface area contributed by atoms with E-state index in [0.717, 1.165) is 5.69 Å². The average molecular weight is 288 g/mol. The van der Waals surface area contributed by atoms with Crippen LogP contribution in [0.15, 0.2) is 41.2 Å². The number of aromatic nitrogens is 2. The number of methoxy groups -OCH3 is 1. The maximum absolute atomic E-state index is 11.9. The molecule has 110 valence electrons. The Morgan fingerprint density at radius 3 is 2.62 bits per heavy atom. The van der Waals surface area contributed by atoms with Crippen LogP contribution >= 0.6 is 0 Å². The van der Waals surface area contributed by atoms with Gasteiger partial charge in [0.15, 0.2) is 0 Å². The molecule has 6 nitrogen and oxygen atoms in total. The third kappa shape index (κ3) is 3.55. The lowest BCUT2D eigenvalue weighted by Crippen LogP contribution is -2.25. The largest absolute Gasteiger partial charge is 0.458 e. The zero-order valence-corrected chi connectivity index (χ0v) is 11.9. The molecular formula is C15H16N2O4. The van der Waals surface area contributed by atoms with Gasteiger partial charge in [0.25, 0.3) is 0 Å². The Morgan fingerprint density at radius 2 is 1.95 bits per heavy atom. The summed E-state index contributed by atoms with van der Waals surface area (Å²) in [6.45, 7) is 2.10. The van der Waals surface area contributed by atoms with Crippen LogP contribution in [0.4, 0.5) is 0 Å². The van der Waals surface area contributed by atoms with Gasteiger partial charge in [-0.15, -0.1) is 0 Å². The lowest BCUT2D eigenvalue weighted by Gasteiger charge is -2.10. The fraction of sp³-hybridized carbons (Fsp3) is 0.267. The van der Waals surface area contributed by atoms with Crippen LogP contribution in [0.3, 0.4) is 0 Å². The summed E-state index contributed by atoms with van der Waals surface area (Å²) in [6.07, 6.45) is 0. The predicted octanol–water partition coefficient (Wildman–Crippen LogP) is 1.34. The molecule has 0 aliphatic carbocycles. The number of carbonyl (C=O) groups excluding carboxylic acids is 1. The number of hydrogen-bond donors (Lipinski definition) is 0. The molecule has 0 spiro atoms. The maximum Gasteiger partial charge on any atom is 0.363 e. The average Bonchev–Trinajstić information content (AvgIpc) is 2.48. The van der Waals surface area contributed by atoms with Gasteiger partial charge in [0, 0.05) is 18.9 Å². The van der Waals surface area contributed by atoms with Crippen LogP contribution in [0.5, 0.6) is 0 Å². The number of nitrogens with zero attached hydrogens (tertiary/aromatic N) is 2. The van der Waals surface area contributed by atoms with Crippen LogP contribution in [0.1, 0.15) is 16.2 Å². The number of aryl methyl sites for hydroxylation is 1. The highest BCUT2D eigenvalue weighted by Crippen LogP contribution is 2.08. The van der Waals surface area contributed by atoms with Crippen LogP contribution in [0.2, 0.25) is 0 Å². The first-order valence-corrected chi connectivity index (χ1v) is 6.46. The summed E-state index contributed by atoms with van der Waals surface area (Å²) < 4.78 is 11.3. The van der Waals surface area contributed by atoms with E-state index in [0.29, 0.717) is 5.69 Å². The van der Waals surface area contributed by atoms with E-state index < -0.39 is 11.4 Å². The molecule has 1 heterocycles. The van der Waals surface area contributed by atoms with E-state index in [-0.39, 0.29) is 18.9 Å². The molecule has 0 aliphatic rings. The monoisotopic (exact) mass is 288 g/mol. The molecule has 2 aromatic rings. The third-order valence-corrected chi connectivity index (χ3v) is 2.82. The molecule has 1 aromatic carbocycles. The highest BCUT2D eigenvalue weighted by molar-refractivity contribution is 5.86. The molecule has 1 aromatic heterocycles. The number of rotatable bonds is 5. The fourth-order valence-corrected chi connectivity index (χ4v) is 1.81. The van der Waals surface area contributed by atoms with Crippen molar-refractivity contribution in [3.63, 3.8) is 0 Å². The van der Waals surface area contributed by atoms with Crippen LogP contribution in [0, 0.1) is 6.92 Å². The maximum atomic E-state index is 11.9. The summed E-state index contributed by atoms with van der Waals surface area (Å²) in [6, 6.07) is 10.6. The lowest BCUT2D eigenvalue weighted by molar-refractivity contribution is 0.0378. The van der Waals surface area contributed by atoms with Crippen molar-refractivity contribution in [3.8, 4) is 5.69 Å². The molecule has 0 radical (unpaired) electrons. The van der Waals surface area contributed by atoms with Crippen molar-refractivity contribution < 1.29 is 14.3 Å². The molecule has 0 saturated heterocycles. The van der Waals surface area contributed by atoms with E-state index in [1.807, 2.05) is 30.3 Å². The first-order valence-electron chi connectivity index (χ1n) is 6.46. The smallest absolute Gasteiger partial charge is 0.363 e. The quantitative estimate of drug-likeness (QED) is 0.613. The Kier molecular flexibility index (Phi) is 4.84. The van der Waals surface area contributed by atoms with Crippen molar-refractivity contribution in [3.05, 3.63) is 58.0 Å². The van der Waals surface area contributed by atoms with Crippen LogP contribution in [0.25, 0.3) is 5.69 Å². The summed E-state index contributed by atoms with van der Waals surface area (Å²) in [5.41, 5.74) is 0.711. The van der Waals surface area contributed by atoms with Crippen LogP contribution in [-0.2, 0) is 9.47 Å². The molecule has 0 saturated carbocycles. The highest BCUT2D eigenvalue weighted by Gasteiger charge is 2.16. The minimum atomic E-state index is -0.748. The van der Waals surface area contributed by atoms with Crippen LogP contribution < -0.4 is 5.43 Å². The van der Waals surface area contributed by atoms with E-state index in [2.05, 4.69) is 5.10 Å². The van der Waals surface area contributed by atoms with Crippen molar-refractivity contribution in [2.75, 3.05) is 20.3 Å². The SMILES string of the molecule is COCCOC(=O)c1nn(-c2ccccc2)c(C)cc1=O. The summed E-state index contributed by atoms with van der Waals surface area (Å²) in [5.74, 6) is -0.748. The molecule has 6 heteroatoms. The normalized spacial score (nSPS) is 10.4. The highest BCUT2D eigenvalue weighted by atomic mass is 16.6. The van der Waals surface area contributed by atoms with E-state index in [1.54, 1.807) is 6.92 Å². The first kappa shape index (κ1) is 14.9. The van der Waals surface area contributed by atoms with E-state index in [4.69, 9.17) is 9.47 Å². The summed E-state index contributed by atoms with van der Waals surface area (Å²) >= 11 is 0. The number of carbonyl (C=O) groups is 1. The number of para-hydroxylation sites is 1. The zero-order chi connectivity index (χ0) is 15.2. The number of benzene rings is 1. The van der Waals surface area contributed by atoms with Crippen molar-refractivity contribution in [1.29, 1.82) is 0 Å². The van der Waals surface area contributed by atoms with Crippen molar-refractivity contribution in [1.82, 2.24) is 9.78 Å². The molecule has 0 unspecified atom stereocenters. The van der Waals surface area contributed by atoms with E-state index in [1.165, 1.54) is 17.9 Å². The Hall–Kier alpha value is -2.47. The van der Waals surface area contributed by atoms with Gasteiger partial charge in [0.05, 0.1) is 12.3 Å². The Morgan fingerprint density at radius 1 is 1.24 bits per heavy atom. The standard InChI is InChI=1S/C15H16N2O4/c1-11-10-13(18)14(15(19)21-9-8-20-2)16-17(11)12-6-4-3-5-7-12/h3-7,10H,8-9H2,1-2H3. The van der Waals surface area contributed by atoms with Gasteiger partial charge in [-0.1, -0.05) is 18.2 Å². The summed E-state index contributed by atoms with van der Waals surface area (Å²) in [5, 5.41) is 4.11. The molecule has 2 rings (SSSR count). The number of hydrogen-bond acceptors (Lipinski definition) is 5. The Balaban J connectivity index is 2.35. The van der Waals surface area contributed by atoms with Gasteiger partial charge in [-0.25, -0.2) is 9.48 Å². The zero-order valence-electron chi connectivity index (χ0n) is 11.9. The number of esters is 1. The Labute approximate surface area is 121 Å². The molecule has 0 N–H and O–H groups in total. The minimum absolute atomic E-state index is 0.0790. The van der Waals surface area contributed by atoms with Gasteiger partial charge in [-0.05, 0) is 19.1 Å². The van der Waals surface area contributed by atoms with Crippen molar-refractivity contribution in [2.24, 2.45) is 0 Å². The molecule has 0 atom stereocenters. The molecule has 0 fully saturated rings. The molecule has 0 bridgehead atoms. The second kappa shape index (κ2) is 6.81. The van der Waals surface area contributed by atoms with Crippen LogP contribution in [-0.4, -0.2) is 36.1 Å². The van der Waals surface area contributed by atoms with Gasteiger partial charge in [0.2, 0.25) is 11.1 Å². The van der Waals surface area contributed by atoms with Gasteiger partial charge < -0.3 is 9.47 Å². The minimum Gasteiger partial charge on any atom is -0.458 e. The first-order chi connectivity index (χ1) is 10.1. The van der Waals surface area contributed by atoms with Gasteiger partial charge in [-0.2, -0.15) is 5.10 Å². The lowest BCUT2D eigenvalue weighted by atomic mass is 10.3. The second-order valence-electron chi connectivity index (χ2n) is 4.37. The molecule has 0 aliphatic heterocycles. The Bertz CT molecular complexity index is 680. The van der Waals surface area contributed by atoms with Gasteiger partial charge in [-0.3, -0.25) is 4.79 Å². The van der Waals surface area contributed by atoms with E-state index >= 15 is 0 Å². The molecular weight excluding hydrogens is 272 g/mol. The van der Waals surface area contributed by atoms with Gasteiger partial charge in [0.1, 0.15) is 6.61 Å². The summed E-state index contributed by atoms with van der Waals surface area (Å²) in [4.78, 5) is 23.8. The summed E-state index contributed by atoms with van der Waals surface area (Å²) in [7, 11) is 1.50. The second-order valence-corrected chi connectivity index (χ2v) is 4.37. The van der Waals surface area contributed by atoms with Crippen molar-refractivity contribution >= 4 is 5.97 Å². The number of ether oxygens (including phenoxy) is 2. The predicted molar refractivity (Wildman–Crippen MR) is 76.7 cm³/mol. The fourth-order valence-electron chi connectivity index (χ4n) is 1.81. The van der Waals surface area contributed by atoms with Crippen molar-refractivity contribution in [2.45, 2.75) is 6.92 Å². The topological polar surface area (TPSA) is 70.4 Å².